The van der Waals surface area contributed by atoms with Crippen LogP contribution in [0.4, 0.5) is 0 Å². The zero-order valence-corrected chi connectivity index (χ0v) is 6.80. The minimum Gasteiger partial charge on any atom is -0.198 e. The molecule has 2 nitrogen and oxygen atoms in total. The molecular weight excluding hydrogens is 136 g/mol. The van der Waals surface area contributed by atoms with Gasteiger partial charge in [-0.25, -0.2) is 0 Å². The number of nitriles is 2. The smallest absolute Gasteiger partial charge is 0.0693 e. The number of hydrogen-bond acceptors (Lipinski definition) is 2. The minimum atomic E-state index is -0.107. The van der Waals surface area contributed by atoms with Crippen molar-refractivity contribution < 1.29 is 0 Å². The highest BCUT2D eigenvalue weighted by atomic mass is 14.5. The van der Waals surface area contributed by atoms with Crippen LogP contribution in [0.15, 0.2) is 0 Å². The van der Waals surface area contributed by atoms with Gasteiger partial charge in [-0.3, -0.25) is 0 Å². The van der Waals surface area contributed by atoms with Crippen molar-refractivity contribution in [3.05, 3.63) is 0 Å². The predicted molar refractivity (Wildman–Crippen MR) is 41.3 cm³/mol. The molecule has 0 amide bonds. The van der Waals surface area contributed by atoms with Crippen LogP contribution >= 0.6 is 0 Å². The van der Waals surface area contributed by atoms with Gasteiger partial charge in [0.05, 0.1) is 17.6 Å². The van der Waals surface area contributed by atoms with Gasteiger partial charge in [0.1, 0.15) is 0 Å². The van der Waals surface area contributed by atoms with E-state index in [1.807, 2.05) is 0 Å². The predicted octanol–water partition coefficient (Wildman–Crippen LogP) is 2.23. The highest BCUT2D eigenvalue weighted by molar-refractivity contribution is 5.13. The van der Waals surface area contributed by atoms with Crippen LogP contribution in [0.5, 0.6) is 0 Å². The lowest BCUT2D eigenvalue weighted by molar-refractivity contribution is 0.379. The Bertz CT molecular complexity index is 215. The summed E-state index contributed by atoms with van der Waals surface area (Å²) in [4.78, 5) is 0. The Kier molecular flexibility index (Phi) is 2.15. The van der Waals surface area contributed by atoms with E-state index in [9.17, 15) is 0 Å². The summed E-state index contributed by atoms with van der Waals surface area (Å²) in [7, 11) is 0. The second-order valence-corrected chi connectivity index (χ2v) is 3.24. The summed E-state index contributed by atoms with van der Waals surface area (Å²) in [6.07, 6.45) is 3.51. The molecule has 1 unspecified atom stereocenters. The molecule has 0 N–H and O–H groups in total. The maximum absolute atomic E-state index is 8.83. The maximum Gasteiger partial charge on any atom is 0.0693 e. The van der Waals surface area contributed by atoms with Gasteiger partial charge >= 0.3 is 0 Å². The molecule has 11 heavy (non-hydrogen) atoms. The first-order chi connectivity index (χ1) is 5.29. The molecule has 0 aromatic heterocycles. The van der Waals surface area contributed by atoms with Crippen molar-refractivity contribution in [3.63, 3.8) is 0 Å². The largest absolute Gasteiger partial charge is 0.198 e. The van der Waals surface area contributed by atoms with Crippen molar-refractivity contribution in [2.24, 2.45) is 11.3 Å². The summed E-state index contributed by atoms with van der Waals surface area (Å²) in [5, 5.41) is 17.3. The summed E-state index contributed by atoms with van der Waals surface area (Å²) in [5.74, 6) is 0.317. The van der Waals surface area contributed by atoms with Crippen LogP contribution in [0.3, 0.4) is 0 Å². The molecule has 0 heterocycles. The Labute approximate surface area is 67.4 Å². The molecule has 0 aliphatic heterocycles. The second kappa shape index (κ2) is 2.93. The van der Waals surface area contributed by atoms with Gasteiger partial charge in [-0.2, -0.15) is 10.5 Å². The Hall–Kier alpha value is -1.02. The number of nitrogens with zero attached hydrogens (tertiary/aromatic N) is 2. The SMILES string of the molecule is CCC(CC#N)C1(C#N)CC1. The van der Waals surface area contributed by atoms with Crippen molar-refractivity contribution in [1.29, 1.82) is 10.5 Å². The lowest BCUT2D eigenvalue weighted by Gasteiger charge is -2.15. The molecule has 58 valence electrons. The van der Waals surface area contributed by atoms with Crippen molar-refractivity contribution in [3.8, 4) is 12.1 Å². The Morgan fingerprint density at radius 2 is 2.09 bits per heavy atom. The van der Waals surface area contributed by atoms with E-state index in [1.54, 1.807) is 0 Å². The van der Waals surface area contributed by atoms with Crippen LogP contribution in [-0.4, -0.2) is 0 Å². The molecule has 0 spiro atoms. The first-order valence-corrected chi connectivity index (χ1v) is 4.07. The van der Waals surface area contributed by atoms with Crippen molar-refractivity contribution in [2.45, 2.75) is 32.6 Å². The van der Waals surface area contributed by atoms with Gasteiger partial charge in [0, 0.05) is 6.42 Å². The van der Waals surface area contributed by atoms with Gasteiger partial charge in [0.25, 0.3) is 0 Å². The van der Waals surface area contributed by atoms with Crippen LogP contribution in [0.2, 0.25) is 0 Å². The molecule has 0 aromatic carbocycles. The summed E-state index contributed by atoms with van der Waals surface area (Å²) >= 11 is 0. The molecule has 0 bridgehead atoms. The quantitative estimate of drug-likeness (QED) is 0.616. The highest BCUT2D eigenvalue weighted by Crippen LogP contribution is 2.53. The van der Waals surface area contributed by atoms with Gasteiger partial charge in [-0.1, -0.05) is 13.3 Å². The van der Waals surface area contributed by atoms with Gasteiger partial charge < -0.3 is 0 Å². The zero-order chi connectivity index (χ0) is 8.32. The normalized spacial score (nSPS) is 21.4. The fraction of sp³-hybridized carbons (Fsp3) is 0.778. The third kappa shape index (κ3) is 1.35. The lowest BCUT2D eigenvalue weighted by Crippen LogP contribution is -2.12. The monoisotopic (exact) mass is 148 g/mol. The van der Waals surface area contributed by atoms with Crippen molar-refractivity contribution >= 4 is 0 Å². The van der Waals surface area contributed by atoms with Crippen LogP contribution in [0.1, 0.15) is 32.6 Å². The molecule has 0 radical (unpaired) electrons. The number of hydrogen-bond donors (Lipinski definition) is 0. The summed E-state index contributed by atoms with van der Waals surface area (Å²) in [6, 6.07) is 4.49. The third-order valence-electron chi connectivity index (χ3n) is 2.62. The first-order valence-electron chi connectivity index (χ1n) is 4.07. The average Bonchev–Trinajstić information content (AvgIpc) is 2.81. The van der Waals surface area contributed by atoms with Gasteiger partial charge in [0.2, 0.25) is 0 Å². The molecular formula is C9H12N2. The Morgan fingerprint density at radius 3 is 2.36 bits per heavy atom. The first kappa shape index (κ1) is 8.08. The van der Waals surface area contributed by atoms with E-state index in [1.165, 1.54) is 0 Å². The van der Waals surface area contributed by atoms with Crippen molar-refractivity contribution in [2.75, 3.05) is 0 Å². The van der Waals surface area contributed by atoms with Gasteiger partial charge in [0.15, 0.2) is 0 Å². The molecule has 1 fully saturated rings. The zero-order valence-electron chi connectivity index (χ0n) is 6.80. The van der Waals surface area contributed by atoms with Gasteiger partial charge in [-0.15, -0.1) is 0 Å². The Morgan fingerprint density at radius 1 is 1.45 bits per heavy atom. The minimum absolute atomic E-state index is 0.107. The molecule has 1 rings (SSSR count). The van der Waals surface area contributed by atoms with E-state index in [-0.39, 0.29) is 5.41 Å². The molecule has 2 heteroatoms. The number of rotatable bonds is 3. The summed E-state index contributed by atoms with van der Waals surface area (Å²) in [6.45, 7) is 2.05. The Balaban J connectivity index is 2.57. The van der Waals surface area contributed by atoms with Crippen LogP contribution in [0.25, 0.3) is 0 Å². The van der Waals surface area contributed by atoms with E-state index >= 15 is 0 Å². The van der Waals surface area contributed by atoms with Crippen molar-refractivity contribution in [1.82, 2.24) is 0 Å². The average molecular weight is 148 g/mol. The van der Waals surface area contributed by atoms with E-state index in [4.69, 9.17) is 10.5 Å². The summed E-state index contributed by atoms with van der Waals surface area (Å²) in [5.41, 5.74) is -0.107. The molecule has 0 saturated heterocycles. The van der Waals surface area contributed by atoms with E-state index in [0.717, 1.165) is 19.3 Å². The van der Waals surface area contributed by atoms with E-state index in [0.29, 0.717) is 12.3 Å². The lowest BCUT2D eigenvalue weighted by atomic mass is 9.86. The fourth-order valence-corrected chi connectivity index (χ4v) is 1.59. The second-order valence-electron chi connectivity index (χ2n) is 3.24. The molecule has 1 atom stereocenters. The maximum atomic E-state index is 8.83. The standard InChI is InChI=1S/C9H12N2/c1-2-8(3-6-10)9(7-11)4-5-9/h8H,2-5H2,1H3. The molecule has 0 aromatic rings. The van der Waals surface area contributed by atoms with Crippen LogP contribution < -0.4 is 0 Å². The van der Waals surface area contributed by atoms with Crippen LogP contribution in [0, 0.1) is 34.0 Å². The molecule has 1 saturated carbocycles. The van der Waals surface area contributed by atoms with E-state index < -0.39 is 0 Å². The van der Waals surface area contributed by atoms with E-state index in [2.05, 4.69) is 19.1 Å². The molecule has 1 aliphatic rings. The fourth-order valence-electron chi connectivity index (χ4n) is 1.59. The summed E-state index contributed by atoms with van der Waals surface area (Å²) < 4.78 is 0. The highest BCUT2D eigenvalue weighted by Gasteiger charge is 2.48. The topological polar surface area (TPSA) is 47.6 Å². The third-order valence-corrected chi connectivity index (χ3v) is 2.62. The van der Waals surface area contributed by atoms with Crippen LogP contribution in [-0.2, 0) is 0 Å². The molecule has 1 aliphatic carbocycles. The van der Waals surface area contributed by atoms with Gasteiger partial charge in [-0.05, 0) is 18.8 Å².